The van der Waals surface area contributed by atoms with E-state index in [1.807, 2.05) is 60.7 Å². The first kappa shape index (κ1) is 18.3. The maximum absolute atomic E-state index is 12.5. The van der Waals surface area contributed by atoms with Crippen molar-refractivity contribution in [3.63, 3.8) is 0 Å². The van der Waals surface area contributed by atoms with Gasteiger partial charge in [-0.1, -0.05) is 65.8 Å². The molecule has 0 aliphatic carbocycles. The van der Waals surface area contributed by atoms with Gasteiger partial charge in [-0.15, -0.1) is 0 Å². The van der Waals surface area contributed by atoms with Crippen molar-refractivity contribution in [1.82, 2.24) is 5.32 Å². The second-order valence-electron chi connectivity index (χ2n) is 6.21. The molecule has 2 aromatic carbocycles. The van der Waals surface area contributed by atoms with Crippen LogP contribution in [0.15, 0.2) is 88.6 Å². The molecular formula is C21H20N4O2. The average Bonchev–Trinajstić information content (AvgIpc) is 3.24. The van der Waals surface area contributed by atoms with E-state index in [2.05, 4.69) is 15.3 Å². The van der Waals surface area contributed by atoms with Gasteiger partial charge in [0.15, 0.2) is 5.76 Å². The molecule has 0 saturated heterocycles. The highest BCUT2D eigenvalue weighted by Crippen LogP contribution is 2.15. The fourth-order valence-corrected chi connectivity index (χ4v) is 2.98. The van der Waals surface area contributed by atoms with E-state index in [1.165, 1.54) is 6.26 Å². The van der Waals surface area contributed by atoms with E-state index in [4.69, 9.17) is 9.95 Å². The molecule has 6 heteroatoms. The summed E-state index contributed by atoms with van der Waals surface area (Å²) in [6, 6.07) is 22.0. The van der Waals surface area contributed by atoms with Crippen molar-refractivity contribution >= 4 is 5.91 Å². The van der Waals surface area contributed by atoms with E-state index in [9.17, 15) is 4.79 Å². The van der Waals surface area contributed by atoms with Crippen molar-refractivity contribution in [3.8, 4) is 0 Å². The third-order valence-corrected chi connectivity index (χ3v) is 4.31. The van der Waals surface area contributed by atoms with E-state index in [-0.39, 0.29) is 17.7 Å². The molecule has 0 unspecified atom stereocenters. The smallest absolute Gasteiger partial charge is 0.287 e. The van der Waals surface area contributed by atoms with E-state index >= 15 is 0 Å². The summed E-state index contributed by atoms with van der Waals surface area (Å²) < 4.78 is 5.19. The zero-order chi connectivity index (χ0) is 18.9. The summed E-state index contributed by atoms with van der Waals surface area (Å²) in [5, 5.41) is 6.96. The molecule has 3 aromatic rings. The summed E-state index contributed by atoms with van der Waals surface area (Å²) in [4.78, 5) is 15.5. The number of furan rings is 1. The van der Waals surface area contributed by atoms with Crippen LogP contribution in [0.3, 0.4) is 0 Å². The Morgan fingerprint density at radius 2 is 1.59 bits per heavy atom. The summed E-state index contributed by atoms with van der Waals surface area (Å²) in [7, 11) is 0. The molecule has 0 radical (unpaired) electrons. The lowest BCUT2D eigenvalue weighted by Crippen LogP contribution is -2.44. The van der Waals surface area contributed by atoms with Crippen LogP contribution in [0.5, 0.6) is 0 Å². The SMILES string of the molecule is [N-]=[N+]=N[C@@H](Cc1ccccc1)[C@H](Cc1ccccc1)NC(=O)c1ccco1. The summed E-state index contributed by atoms with van der Waals surface area (Å²) in [6.45, 7) is 0. The van der Waals surface area contributed by atoms with Crippen LogP contribution in [-0.2, 0) is 12.8 Å². The topological polar surface area (TPSA) is 91.0 Å². The minimum Gasteiger partial charge on any atom is -0.459 e. The summed E-state index contributed by atoms with van der Waals surface area (Å²) in [6.07, 6.45) is 2.53. The van der Waals surface area contributed by atoms with Crippen molar-refractivity contribution in [3.05, 3.63) is 106 Å². The number of nitrogens with zero attached hydrogens (tertiary/aromatic N) is 3. The predicted octanol–water partition coefficient (Wildman–Crippen LogP) is 4.54. The number of hydrogen-bond donors (Lipinski definition) is 1. The van der Waals surface area contributed by atoms with Crippen LogP contribution in [0.25, 0.3) is 10.4 Å². The van der Waals surface area contributed by atoms with E-state index < -0.39 is 6.04 Å². The van der Waals surface area contributed by atoms with Crippen LogP contribution >= 0.6 is 0 Å². The zero-order valence-corrected chi connectivity index (χ0v) is 14.7. The van der Waals surface area contributed by atoms with E-state index in [0.29, 0.717) is 12.8 Å². The molecular weight excluding hydrogens is 340 g/mol. The Balaban J connectivity index is 1.85. The largest absolute Gasteiger partial charge is 0.459 e. The number of benzene rings is 2. The van der Waals surface area contributed by atoms with Crippen molar-refractivity contribution in [2.45, 2.75) is 24.9 Å². The molecule has 2 atom stereocenters. The highest BCUT2D eigenvalue weighted by molar-refractivity contribution is 5.91. The summed E-state index contributed by atoms with van der Waals surface area (Å²) in [5.74, 6) is -0.0976. The molecule has 1 amide bonds. The lowest BCUT2D eigenvalue weighted by atomic mass is 9.94. The highest BCUT2D eigenvalue weighted by atomic mass is 16.3. The van der Waals surface area contributed by atoms with Crippen LogP contribution in [0.4, 0.5) is 0 Å². The predicted molar refractivity (Wildman–Crippen MR) is 103 cm³/mol. The van der Waals surface area contributed by atoms with Crippen molar-refractivity contribution in [2.24, 2.45) is 5.11 Å². The fraction of sp³-hybridized carbons (Fsp3) is 0.190. The lowest BCUT2D eigenvalue weighted by Gasteiger charge is -2.25. The molecule has 3 rings (SSSR count). The van der Waals surface area contributed by atoms with Gasteiger partial charge in [0.1, 0.15) is 0 Å². The van der Waals surface area contributed by atoms with Gasteiger partial charge in [-0.25, -0.2) is 0 Å². The molecule has 0 aliphatic rings. The molecule has 27 heavy (non-hydrogen) atoms. The Morgan fingerprint density at radius 3 is 2.15 bits per heavy atom. The molecule has 0 spiro atoms. The first-order valence-corrected chi connectivity index (χ1v) is 8.72. The van der Waals surface area contributed by atoms with Gasteiger partial charge in [0.05, 0.1) is 12.3 Å². The molecule has 0 saturated carbocycles. The third kappa shape index (κ3) is 5.23. The Bertz CT molecular complexity index is 888. The normalized spacial score (nSPS) is 12.6. The first-order valence-electron chi connectivity index (χ1n) is 8.72. The van der Waals surface area contributed by atoms with Crippen LogP contribution in [0.1, 0.15) is 21.7 Å². The Labute approximate surface area is 157 Å². The average molecular weight is 360 g/mol. The number of rotatable bonds is 8. The van der Waals surface area contributed by atoms with E-state index in [1.54, 1.807) is 12.1 Å². The molecule has 136 valence electrons. The first-order chi connectivity index (χ1) is 13.3. The number of azide groups is 1. The van der Waals surface area contributed by atoms with E-state index in [0.717, 1.165) is 11.1 Å². The van der Waals surface area contributed by atoms with Crippen LogP contribution < -0.4 is 5.32 Å². The monoisotopic (exact) mass is 360 g/mol. The van der Waals surface area contributed by atoms with Gasteiger partial charge in [-0.05, 0) is 41.6 Å². The highest BCUT2D eigenvalue weighted by Gasteiger charge is 2.24. The number of carbonyl (C=O) groups is 1. The number of carbonyl (C=O) groups excluding carboxylic acids is 1. The van der Waals surface area contributed by atoms with Gasteiger partial charge in [0, 0.05) is 11.0 Å². The lowest BCUT2D eigenvalue weighted by molar-refractivity contribution is 0.0902. The van der Waals surface area contributed by atoms with Crippen molar-refractivity contribution in [1.29, 1.82) is 0 Å². The number of hydrogen-bond acceptors (Lipinski definition) is 3. The zero-order valence-electron chi connectivity index (χ0n) is 14.7. The standard InChI is InChI=1S/C21H20N4O2/c22-25-24-19(15-17-10-5-2-6-11-17)18(14-16-8-3-1-4-9-16)23-21(26)20-12-7-13-27-20/h1-13,18-19H,14-15H2,(H,23,26)/t18-,19-/m0/s1. The van der Waals surface area contributed by atoms with Gasteiger partial charge in [0.25, 0.3) is 5.91 Å². The summed E-state index contributed by atoms with van der Waals surface area (Å²) >= 11 is 0. The van der Waals surface area contributed by atoms with Crippen molar-refractivity contribution in [2.75, 3.05) is 0 Å². The van der Waals surface area contributed by atoms with Gasteiger partial charge in [0.2, 0.25) is 0 Å². The maximum Gasteiger partial charge on any atom is 0.287 e. The minimum atomic E-state index is -0.434. The van der Waals surface area contributed by atoms with Gasteiger partial charge in [-0.3, -0.25) is 4.79 Å². The molecule has 0 bridgehead atoms. The van der Waals surface area contributed by atoms with Crippen LogP contribution in [0.2, 0.25) is 0 Å². The second kappa shape index (κ2) is 9.27. The Hall–Kier alpha value is -3.50. The Kier molecular flexibility index (Phi) is 6.28. The van der Waals surface area contributed by atoms with Crippen molar-refractivity contribution < 1.29 is 9.21 Å². The molecule has 1 aromatic heterocycles. The quantitative estimate of drug-likeness (QED) is 0.363. The van der Waals surface area contributed by atoms with Gasteiger partial charge >= 0.3 is 0 Å². The molecule has 1 heterocycles. The molecule has 1 N–H and O–H groups in total. The second-order valence-corrected chi connectivity index (χ2v) is 6.21. The molecule has 0 fully saturated rings. The molecule has 6 nitrogen and oxygen atoms in total. The number of nitrogens with one attached hydrogen (secondary N) is 1. The Morgan fingerprint density at radius 1 is 0.963 bits per heavy atom. The maximum atomic E-state index is 12.5. The fourth-order valence-electron chi connectivity index (χ4n) is 2.98. The molecule has 0 aliphatic heterocycles. The van der Waals surface area contributed by atoms with Gasteiger partial charge < -0.3 is 9.73 Å². The third-order valence-electron chi connectivity index (χ3n) is 4.31. The van der Waals surface area contributed by atoms with Gasteiger partial charge in [-0.2, -0.15) is 0 Å². The van der Waals surface area contributed by atoms with Crippen LogP contribution in [-0.4, -0.2) is 18.0 Å². The minimum absolute atomic E-state index is 0.229. The van der Waals surface area contributed by atoms with Crippen LogP contribution in [0, 0.1) is 0 Å². The summed E-state index contributed by atoms with van der Waals surface area (Å²) in [5.41, 5.74) is 11.2. The number of amides is 1.